The summed E-state index contributed by atoms with van der Waals surface area (Å²) in [6, 6.07) is 24.2. The van der Waals surface area contributed by atoms with Crippen molar-refractivity contribution in [3.05, 3.63) is 72.3 Å². The summed E-state index contributed by atoms with van der Waals surface area (Å²) >= 11 is 0. The molecule has 0 fully saturated rings. The highest BCUT2D eigenvalue weighted by Gasteiger charge is 2.11. The highest BCUT2D eigenvalue weighted by Crippen LogP contribution is 2.31. The molecule has 0 aliphatic rings. The predicted molar refractivity (Wildman–Crippen MR) is 114 cm³/mol. The van der Waals surface area contributed by atoms with Crippen LogP contribution in [0.25, 0.3) is 21.9 Å². The third-order valence-electron chi connectivity index (χ3n) is 5.26. The van der Waals surface area contributed by atoms with Crippen LogP contribution in [-0.2, 0) is 6.42 Å². The van der Waals surface area contributed by atoms with Gasteiger partial charge in [-0.05, 0) is 40.3 Å². The van der Waals surface area contributed by atoms with Crippen molar-refractivity contribution >= 4 is 10.8 Å². The van der Waals surface area contributed by atoms with Gasteiger partial charge in [0.15, 0.2) is 0 Å². The SMILES string of the molecule is CCCCCCCC(N)Cc1ccccc1-c1cccc2ccccc12. The van der Waals surface area contributed by atoms with Crippen LogP contribution in [0.3, 0.4) is 0 Å². The summed E-state index contributed by atoms with van der Waals surface area (Å²) in [7, 11) is 0. The van der Waals surface area contributed by atoms with Gasteiger partial charge in [0.05, 0.1) is 0 Å². The minimum Gasteiger partial charge on any atom is -0.327 e. The van der Waals surface area contributed by atoms with Crippen molar-refractivity contribution in [2.75, 3.05) is 0 Å². The molecule has 1 unspecified atom stereocenters. The summed E-state index contributed by atoms with van der Waals surface area (Å²) in [5, 5.41) is 2.61. The molecule has 0 saturated carbocycles. The van der Waals surface area contributed by atoms with E-state index in [2.05, 4.69) is 73.7 Å². The predicted octanol–water partition coefficient (Wildman–Crippen LogP) is 6.74. The number of fused-ring (bicyclic) bond motifs is 1. The normalized spacial score (nSPS) is 12.4. The fraction of sp³-hybridized carbons (Fsp3) is 0.360. The molecule has 0 aliphatic heterocycles. The van der Waals surface area contributed by atoms with E-state index in [1.807, 2.05) is 0 Å². The second-order valence-corrected chi connectivity index (χ2v) is 7.35. The lowest BCUT2D eigenvalue weighted by molar-refractivity contribution is 0.538. The molecule has 0 aliphatic carbocycles. The molecule has 1 atom stereocenters. The average Bonchev–Trinajstić information content (AvgIpc) is 2.68. The van der Waals surface area contributed by atoms with E-state index >= 15 is 0 Å². The molecule has 0 heterocycles. The summed E-state index contributed by atoms with van der Waals surface area (Å²) in [5.74, 6) is 0. The van der Waals surface area contributed by atoms with Crippen molar-refractivity contribution < 1.29 is 0 Å². The molecule has 1 heteroatoms. The number of hydrogen-bond acceptors (Lipinski definition) is 1. The monoisotopic (exact) mass is 345 g/mol. The fourth-order valence-corrected chi connectivity index (χ4v) is 3.82. The van der Waals surface area contributed by atoms with Gasteiger partial charge in [-0.3, -0.25) is 0 Å². The number of benzene rings is 3. The maximum absolute atomic E-state index is 6.48. The number of unbranched alkanes of at least 4 members (excludes halogenated alkanes) is 4. The van der Waals surface area contributed by atoms with Gasteiger partial charge < -0.3 is 5.73 Å². The van der Waals surface area contributed by atoms with Crippen LogP contribution >= 0.6 is 0 Å². The van der Waals surface area contributed by atoms with Crippen LogP contribution in [0.2, 0.25) is 0 Å². The van der Waals surface area contributed by atoms with E-state index in [0.717, 1.165) is 12.8 Å². The number of rotatable bonds is 9. The minimum absolute atomic E-state index is 0.243. The molecule has 136 valence electrons. The standard InChI is InChI=1S/C25H31N/c1-2-3-4-5-6-15-22(26)19-21-13-8-10-17-24(21)25-18-11-14-20-12-7-9-16-23(20)25/h7-14,16-18,22H,2-6,15,19,26H2,1H3. The van der Waals surface area contributed by atoms with Gasteiger partial charge >= 0.3 is 0 Å². The first-order valence-corrected chi connectivity index (χ1v) is 10.1. The van der Waals surface area contributed by atoms with E-state index in [4.69, 9.17) is 5.73 Å². The Balaban J connectivity index is 1.76. The highest BCUT2D eigenvalue weighted by molar-refractivity contribution is 5.97. The van der Waals surface area contributed by atoms with Gasteiger partial charge in [0, 0.05) is 6.04 Å². The minimum atomic E-state index is 0.243. The molecular formula is C25H31N. The van der Waals surface area contributed by atoms with Gasteiger partial charge in [0.2, 0.25) is 0 Å². The molecule has 0 spiro atoms. The van der Waals surface area contributed by atoms with Gasteiger partial charge in [-0.15, -0.1) is 0 Å². The highest BCUT2D eigenvalue weighted by atomic mass is 14.6. The second kappa shape index (κ2) is 9.54. The molecule has 1 nitrogen and oxygen atoms in total. The van der Waals surface area contributed by atoms with Gasteiger partial charge in [0.25, 0.3) is 0 Å². The van der Waals surface area contributed by atoms with Crippen LogP contribution in [0.1, 0.15) is 51.0 Å². The molecule has 2 N–H and O–H groups in total. The van der Waals surface area contributed by atoms with Gasteiger partial charge in [-0.2, -0.15) is 0 Å². The molecule has 0 amide bonds. The molecule has 3 rings (SSSR count). The lowest BCUT2D eigenvalue weighted by Gasteiger charge is -2.16. The van der Waals surface area contributed by atoms with Crippen LogP contribution in [0.4, 0.5) is 0 Å². The maximum Gasteiger partial charge on any atom is 0.00795 e. The summed E-state index contributed by atoms with van der Waals surface area (Å²) in [4.78, 5) is 0. The lowest BCUT2D eigenvalue weighted by Crippen LogP contribution is -2.23. The molecular weight excluding hydrogens is 314 g/mol. The second-order valence-electron chi connectivity index (χ2n) is 7.35. The Morgan fingerprint density at radius 1 is 0.731 bits per heavy atom. The summed E-state index contributed by atoms with van der Waals surface area (Å²) in [6.07, 6.45) is 8.62. The lowest BCUT2D eigenvalue weighted by atomic mass is 9.91. The smallest absolute Gasteiger partial charge is 0.00795 e. The van der Waals surface area contributed by atoms with Crippen molar-refractivity contribution in [3.63, 3.8) is 0 Å². The Labute approximate surface area is 158 Å². The molecule has 3 aromatic carbocycles. The summed E-state index contributed by atoms with van der Waals surface area (Å²) in [6.45, 7) is 2.26. The zero-order valence-corrected chi connectivity index (χ0v) is 16.0. The first-order valence-electron chi connectivity index (χ1n) is 10.1. The molecule has 3 aromatic rings. The zero-order valence-electron chi connectivity index (χ0n) is 16.0. The summed E-state index contributed by atoms with van der Waals surface area (Å²) in [5.41, 5.74) is 10.5. The van der Waals surface area contributed by atoms with Gasteiger partial charge in [0.1, 0.15) is 0 Å². The van der Waals surface area contributed by atoms with E-state index in [0.29, 0.717) is 0 Å². The van der Waals surface area contributed by atoms with Crippen LogP contribution < -0.4 is 5.73 Å². The molecule has 0 bridgehead atoms. The van der Waals surface area contributed by atoms with Crippen LogP contribution in [0, 0.1) is 0 Å². The van der Waals surface area contributed by atoms with E-state index < -0.39 is 0 Å². The molecule has 0 radical (unpaired) electrons. The topological polar surface area (TPSA) is 26.0 Å². The number of nitrogens with two attached hydrogens (primary N) is 1. The Hall–Kier alpha value is -2.12. The quantitative estimate of drug-likeness (QED) is 0.427. The fourth-order valence-electron chi connectivity index (χ4n) is 3.82. The van der Waals surface area contributed by atoms with E-state index in [9.17, 15) is 0 Å². The first kappa shape index (κ1) is 18.7. The van der Waals surface area contributed by atoms with Crippen molar-refractivity contribution in [3.8, 4) is 11.1 Å². The Morgan fingerprint density at radius 2 is 1.42 bits per heavy atom. The Morgan fingerprint density at radius 3 is 2.31 bits per heavy atom. The molecule has 26 heavy (non-hydrogen) atoms. The Kier molecular flexibility index (Phi) is 6.85. The van der Waals surface area contributed by atoms with Crippen LogP contribution in [0.5, 0.6) is 0 Å². The Bertz CT molecular complexity index is 816. The maximum atomic E-state index is 6.48. The third kappa shape index (κ3) is 4.74. The van der Waals surface area contributed by atoms with E-state index in [1.165, 1.54) is 59.6 Å². The van der Waals surface area contributed by atoms with Crippen molar-refractivity contribution in [1.29, 1.82) is 0 Å². The zero-order chi connectivity index (χ0) is 18.2. The van der Waals surface area contributed by atoms with Crippen molar-refractivity contribution in [2.24, 2.45) is 5.73 Å². The molecule has 0 aromatic heterocycles. The van der Waals surface area contributed by atoms with Gasteiger partial charge in [-0.1, -0.05) is 106 Å². The van der Waals surface area contributed by atoms with Gasteiger partial charge in [-0.25, -0.2) is 0 Å². The van der Waals surface area contributed by atoms with Crippen LogP contribution in [-0.4, -0.2) is 6.04 Å². The van der Waals surface area contributed by atoms with E-state index in [-0.39, 0.29) is 6.04 Å². The van der Waals surface area contributed by atoms with E-state index in [1.54, 1.807) is 0 Å². The molecule has 0 saturated heterocycles. The summed E-state index contributed by atoms with van der Waals surface area (Å²) < 4.78 is 0. The van der Waals surface area contributed by atoms with Crippen LogP contribution in [0.15, 0.2) is 66.7 Å². The number of hydrogen-bond donors (Lipinski definition) is 1. The first-order chi connectivity index (χ1) is 12.8. The van der Waals surface area contributed by atoms with Crippen molar-refractivity contribution in [2.45, 2.75) is 57.9 Å². The average molecular weight is 346 g/mol. The third-order valence-corrected chi connectivity index (χ3v) is 5.26. The van der Waals surface area contributed by atoms with Crippen molar-refractivity contribution in [1.82, 2.24) is 0 Å². The largest absolute Gasteiger partial charge is 0.327 e.